The van der Waals surface area contributed by atoms with E-state index >= 15 is 0 Å². The number of piperidine rings is 3. The summed E-state index contributed by atoms with van der Waals surface area (Å²) in [4.78, 5) is 59.7. The highest BCUT2D eigenvalue weighted by Gasteiger charge is 2.34. The lowest BCUT2D eigenvalue weighted by atomic mass is 9.85. The van der Waals surface area contributed by atoms with E-state index in [1.54, 1.807) is 21.8 Å². The van der Waals surface area contributed by atoms with E-state index in [0.29, 0.717) is 50.2 Å². The van der Waals surface area contributed by atoms with Crippen LogP contribution in [-0.4, -0.2) is 102 Å². The summed E-state index contributed by atoms with van der Waals surface area (Å²) in [6, 6.07) is 7.17. The third kappa shape index (κ3) is 8.11. The summed E-state index contributed by atoms with van der Waals surface area (Å²) in [5, 5.41) is 22.2. The number of benzene rings is 1. The molecule has 4 aliphatic rings. The van der Waals surface area contributed by atoms with Gasteiger partial charge in [0.05, 0.1) is 41.6 Å². The monoisotopic (exact) mass is 843 g/mol. The normalized spacial score (nSPS) is 24.1. The molecule has 3 aliphatic heterocycles. The van der Waals surface area contributed by atoms with Crippen molar-refractivity contribution in [3.8, 4) is 0 Å². The van der Waals surface area contributed by atoms with Crippen molar-refractivity contribution < 1.29 is 32.3 Å². The van der Waals surface area contributed by atoms with E-state index < -0.39 is 30.1 Å². The summed E-state index contributed by atoms with van der Waals surface area (Å²) in [6.45, 7) is 2.00. The van der Waals surface area contributed by atoms with Gasteiger partial charge in [-0.2, -0.15) is 15.3 Å². The van der Waals surface area contributed by atoms with E-state index in [9.17, 15) is 32.3 Å². The minimum atomic E-state index is -2.95. The van der Waals surface area contributed by atoms with Gasteiger partial charge in [0.2, 0.25) is 17.7 Å². The smallest absolute Gasteiger partial charge is 0.284 e. The van der Waals surface area contributed by atoms with Gasteiger partial charge in [-0.05, 0) is 75.6 Å². The maximum absolute atomic E-state index is 14.3. The molecule has 4 amide bonds. The van der Waals surface area contributed by atoms with Crippen LogP contribution >= 0.6 is 0 Å². The first-order chi connectivity index (χ1) is 29.4. The summed E-state index contributed by atoms with van der Waals surface area (Å²) in [7, 11) is 1.85. The number of carbonyl (C=O) groups is 4. The molecule has 5 aromatic rings. The van der Waals surface area contributed by atoms with Gasteiger partial charge in [0.25, 0.3) is 12.3 Å². The summed E-state index contributed by atoms with van der Waals surface area (Å²) < 4.78 is 47.4. The summed E-state index contributed by atoms with van der Waals surface area (Å²) in [5.41, 5.74) is 8.18. The van der Waals surface area contributed by atoms with Crippen molar-refractivity contribution in [1.29, 1.82) is 0 Å². The maximum Gasteiger partial charge on any atom is 0.284 e. The zero-order valence-corrected chi connectivity index (χ0v) is 33.6. The lowest BCUT2D eigenvalue weighted by molar-refractivity contribution is -0.134. The largest absolute Gasteiger partial charge is 0.371 e. The lowest BCUT2D eigenvalue weighted by Crippen LogP contribution is -2.48. The standard InChI is InChI=1S/C41H48F3N13O4/c1-53-32-17-27(6-7-28(32)35(51-53)29-8-9-34(58)50-40(29)60)54-13-10-25(11-14-54)47-39(59)22-2-4-26(5-3-22)57-21-31(36(52-57)37(43)44)48-41(61)30-18-46-56-15-12-33(49-38(30)56)55-19-23(42)16-24(45)20-55/h6-7,12,15,17-18,21-26,29,37H,2-5,8-11,13-14,16,19-20,45H2,1H3,(H,47,59)(H,48,61)(H,50,58,60)/t22?,23-,24-,26?,29?/m1/s1. The van der Waals surface area contributed by atoms with E-state index in [-0.39, 0.29) is 78.0 Å². The Balaban J connectivity index is 0.783. The Bertz CT molecular complexity index is 2480. The minimum Gasteiger partial charge on any atom is -0.371 e. The number of halogens is 3. The van der Waals surface area contributed by atoms with Gasteiger partial charge in [-0.3, -0.25) is 33.9 Å². The first-order valence-corrected chi connectivity index (χ1v) is 20.9. The number of carbonyl (C=O) groups excluding carboxylic acids is 4. The molecule has 9 rings (SSSR count). The SMILES string of the molecule is Cn1nc(C2CCC(=O)NC2=O)c2ccc(N3CCC(NC(=O)C4CCC(n5cc(NC(=O)c6cnn7ccc(N8C[C@H](N)C[C@@H](F)C8)nc67)c(C(F)F)n5)CC4)CC3)cc21. The Morgan fingerprint density at radius 3 is 2.51 bits per heavy atom. The number of aromatic nitrogens is 7. The van der Waals surface area contributed by atoms with Crippen molar-refractivity contribution in [2.45, 2.75) is 94.4 Å². The van der Waals surface area contributed by atoms with E-state index in [0.717, 1.165) is 42.5 Å². The van der Waals surface area contributed by atoms with Crippen LogP contribution in [0.15, 0.2) is 42.9 Å². The molecule has 4 fully saturated rings. The Kier molecular flexibility index (Phi) is 10.9. The van der Waals surface area contributed by atoms with Crippen molar-refractivity contribution >= 4 is 57.4 Å². The highest BCUT2D eigenvalue weighted by Crippen LogP contribution is 2.36. The van der Waals surface area contributed by atoms with Gasteiger partial charge in [0, 0.05) is 74.6 Å². The molecule has 17 nitrogen and oxygen atoms in total. The van der Waals surface area contributed by atoms with Crippen molar-refractivity contribution in [2.24, 2.45) is 18.7 Å². The molecule has 0 bridgehead atoms. The Hall–Kier alpha value is -6.05. The van der Waals surface area contributed by atoms with E-state index in [2.05, 4.69) is 47.2 Å². The van der Waals surface area contributed by atoms with Crippen molar-refractivity contribution in [3.63, 3.8) is 0 Å². The van der Waals surface area contributed by atoms with Crippen LogP contribution in [0.1, 0.15) is 97.9 Å². The number of nitrogens with one attached hydrogen (secondary N) is 3. The Labute approximate surface area is 348 Å². The highest BCUT2D eigenvalue weighted by atomic mass is 19.3. The molecule has 0 radical (unpaired) electrons. The fourth-order valence-electron chi connectivity index (χ4n) is 9.38. The predicted octanol–water partition coefficient (Wildman–Crippen LogP) is 3.91. The maximum atomic E-state index is 14.3. The van der Waals surface area contributed by atoms with E-state index in [4.69, 9.17) is 5.73 Å². The summed E-state index contributed by atoms with van der Waals surface area (Å²) >= 11 is 0. The number of alkyl halides is 3. The van der Waals surface area contributed by atoms with Gasteiger partial charge in [-0.25, -0.2) is 22.7 Å². The molecule has 1 saturated carbocycles. The number of nitrogens with two attached hydrogens (primary N) is 1. The average Bonchev–Trinajstić information content (AvgIpc) is 3.96. The Morgan fingerprint density at radius 1 is 0.984 bits per heavy atom. The molecule has 7 heterocycles. The van der Waals surface area contributed by atoms with Gasteiger partial charge in [0.15, 0.2) is 11.3 Å². The van der Waals surface area contributed by atoms with Crippen molar-refractivity contribution in [3.05, 3.63) is 59.8 Å². The minimum absolute atomic E-state index is 0.00585. The number of anilines is 3. The molecule has 1 unspecified atom stereocenters. The number of nitrogens with zero attached hydrogens (tertiary/aromatic N) is 9. The van der Waals surface area contributed by atoms with Crippen molar-refractivity contribution in [1.82, 2.24) is 44.8 Å². The molecule has 3 atom stereocenters. The molecule has 1 aromatic carbocycles. The summed E-state index contributed by atoms with van der Waals surface area (Å²) in [6.07, 6.45) is 4.99. The van der Waals surface area contributed by atoms with Crippen LogP contribution in [0.4, 0.5) is 30.4 Å². The number of fused-ring (bicyclic) bond motifs is 2. The number of hydrogen-bond donors (Lipinski definition) is 4. The van der Waals surface area contributed by atoms with Crippen LogP contribution in [0.25, 0.3) is 16.6 Å². The molecule has 1 aliphatic carbocycles. The first kappa shape index (κ1) is 40.4. The van der Waals surface area contributed by atoms with Crippen LogP contribution in [0.5, 0.6) is 0 Å². The van der Waals surface area contributed by atoms with Crippen LogP contribution in [0.2, 0.25) is 0 Å². The quantitative estimate of drug-likeness (QED) is 0.157. The molecule has 5 N–H and O–H groups in total. The van der Waals surface area contributed by atoms with E-state index in [1.807, 2.05) is 19.2 Å². The molecular weight excluding hydrogens is 796 g/mol. The van der Waals surface area contributed by atoms with Gasteiger partial charge >= 0.3 is 0 Å². The van der Waals surface area contributed by atoms with Gasteiger partial charge in [0.1, 0.15) is 17.6 Å². The third-order valence-electron chi connectivity index (χ3n) is 12.7. The third-order valence-corrected chi connectivity index (χ3v) is 12.7. The lowest BCUT2D eigenvalue weighted by Gasteiger charge is -2.35. The number of amides is 4. The zero-order chi connectivity index (χ0) is 42.5. The predicted molar refractivity (Wildman–Crippen MR) is 218 cm³/mol. The molecule has 3 saturated heterocycles. The van der Waals surface area contributed by atoms with Gasteiger partial charge in [-0.1, -0.05) is 0 Å². The number of hydrogen-bond acceptors (Lipinski definition) is 11. The second-order valence-corrected chi connectivity index (χ2v) is 16.8. The van der Waals surface area contributed by atoms with E-state index in [1.165, 1.54) is 21.6 Å². The van der Waals surface area contributed by atoms with Gasteiger partial charge < -0.3 is 26.2 Å². The summed E-state index contributed by atoms with van der Waals surface area (Å²) in [5.74, 6) is -1.53. The topological polar surface area (TPSA) is 203 Å². The average molecular weight is 844 g/mol. The van der Waals surface area contributed by atoms with Crippen LogP contribution in [0.3, 0.4) is 0 Å². The molecule has 0 spiro atoms. The molecule has 322 valence electrons. The second-order valence-electron chi connectivity index (χ2n) is 16.8. The van der Waals surface area contributed by atoms with Crippen LogP contribution in [0, 0.1) is 5.92 Å². The second kappa shape index (κ2) is 16.4. The van der Waals surface area contributed by atoms with Crippen molar-refractivity contribution in [2.75, 3.05) is 41.3 Å². The first-order valence-electron chi connectivity index (χ1n) is 20.9. The molecule has 61 heavy (non-hydrogen) atoms. The Morgan fingerprint density at radius 2 is 1.77 bits per heavy atom. The number of rotatable bonds is 9. The zero-order valence-electron chi connectivity index (χ0n) is 33.6. The highest BCUT2D eigenvalue weighted by molar-refractivity contribution is 6.08. The molecule has 20 heteroatoms. The molecular formula is C41H48F3N13O4. The number of aryl methyl sites for hydroxylation is 1. The fraction of sp³-hybridized carbons (Fsp3) is 0.512. The fourth-order valence-corrected chi connectivity index (χ4v) is 9.38. The number of imide groups is 1. The van der Waals surface area contributed by atoms with Crippen LogP contribution < -0.4 is 31.5 Å². The van der Waals surface area contributed by atoms with Crippen LogP contribution in [-0.2, 0) is 21.4 Å². The molecule has 4 aromatic heterocycles. The van der Waals surface area contributed by atoms with Gasteiger partial charge in [-0.15, -0.1) is 0 Å².